The van der Waals surface area contributed by atoms with E-state index in [1.165, 1.54) is 25.5 Å². The molecule has 0 aliphatic carbocycles. The van der Waals surface area contributed by atoms with Crippen LogP contribution in [0.4, 0.5) is 0 Å². The summed E-state index contributed by atoms with van der Waals surface area (Å²) in [4.78, 5) is 18.0. The summed E-state index contributed by atoms with van der Waals surface area (Å²) in [7, 11) is 1.42. The molecular weight excluding hydrogens is 510 g/mol. The molecule has 0 bridgehead atoms. The van der Waals surface area contributed by atoms with Crippen LogP contribution in [-0.2, 0) is 0 Å². The molecular formula is C24H15BrClN3O4. The van der Waals surface area contributed by atoms with Crippen LogP contribution in [0.2, 0.25) is 5.02 Å². The second-order valence-electron chi connectivity index (χ2n) is 7.15. The Morgan fingerprint density at radius 3 is 2.82 bits per heavy atom. The van der Waals surface area contributed by atoms with Crippen molar-refractivity contribution in [2.24, 2.45) is 5.10 Å². The third kappa shape index (κ3) is 3.88. The minimum Gasteiger partial charge on any atom is -0.504 e. The number of aromatic nitrogens is 2. The number of benzene rings is 3. The van der Waals surface area contributed by atoms with E-state index in [2.05, 4.69) is 26.0 Å². The van der Waals surface area contributed by atoms with E-state index in [9.17, 15) is 9.90 Å². The Morgan fingerprint density at radius 2 is 2.00 bits per heavy atom. The van der Waals surface area contributed by atoms with E-state index in [4.69, 9.17) is 20.8 Å². The van der Waals surface area contributed by atoms with Crippen molar-refractivity contribution in [1.82, 2.24) is 9.66 Å². The van der Waals surface area contributed by atoms with Gasteiger partial charge in [0, 0.05) is 26.5 Å². The summed E-state index contributed by atoms with van der Waals surface area (Å²) in [6.45, 7) is 0. The topological polar surface area (TPSA) is 89.9 Å². The molecule has 0 fully saturated rings. The van der Waals surface area contributed by atoms with Crippen molar-refractivity contribution in [2.45, 2.75) is 0 Å². The molecule has 33 heavy (non-hydrogen) atoms. The quantitative estimate of drug-likeness (QED) is 0.299. The summed E-state index contributed by atoms with van der Waals surface area (Å²) in [6, 6.07) is 17.4. The van der Waals surface area contributed by atoms with Crippen molar-refractivity contribution in [3.8, 4) is 23.1 Å². The summed E-state index contributed by atoms with van der Waals surface area (Å²) in [5.74, 6) is 0.630. The van der Waals surface area contributed by atoms with Crippen molar-refractivity contribution in [1.29, 1.82) is 0 Å². The molecule has 1 N–H and O–H groups in total. The fraction of sp³-hybridized carbons (Fsp3) is 0.0417. The van der Waals surface area contributed by atoms with Crippen LogP contribution in [0.15, 0.2) is 79.4 Å². The highest BCUT2D eigenvalue weighted by atomic mass is 79.9. The molecule has 7 nitrogen and oxygen atoms in total. The first kappa shape index (κ1) is 21.2. The zero-order chi connectivity index (χ0) is 23.1. The van der Waals surface area contributed by atoms with E-state index in [1.54, 1.807) is 30.3 Å². The molecule has 5 aromatic rings. The number of phenolic OH excluding ortho intramolecular Hbond substituents is 1. The van der Waals surface area contributed by atoms with Gasteiger partial charge in [0.05, 0.1) is 24.2 Å². The fourth-order valence-electron chi connectivity index (χ4n) is 3.48. The van der Waals surface area contributed by atoms with Crippen LogP contribution in [0.1, 0.15) is 5.56 Å². The lowest BCUT2D eigenvalue weighted by atomic mass is 10.2. The number of nitrogens with zero attached hydrogens (tertiary/aromatic N) is 3. The van der Waals surface area contributed by atoms with Gasteiger partial charge in [0.25, 0.3) is 5.56 Å². The SMILES string of the molecule is COc1cc(Cl)cc(C=Nn2c(-c3cc4cc(Br)ccc4o3)nc3ccccc3c2=O)c1O. The Bertz CT molecular complexity index is 1620. The van der Waals surface area contributed by atoms with E-state index in [-0.39, 0.29) is 28.4 Å². The highest BCUT2D eigenvalue weighted by Crippen LogP contribution is 2.33. The molecule has 2 aromatic heterocycles. The first-order chi connectivity index (χ1) is 15.9. The van der Waals surface area contributed by atoms with E-state index < -0.39 is 0 Å². The van der Waals surface area contributed by atoms with Crippen LogP contribution >= 0.6 is 27.5 Å². The zero-order valence-electron chi connectivity index (χ0n) is 17.1. The van der Waals surface area contributed by atoms with Gasteiger partial charge >= 0.3 is 0 Å². The number of ether oxygens (including phenoxy) is 1. The van der Waals surface area contributed by atoms with E-state index >= 15 is 0 Å². The third-order valence-corrected chi connectivity index (χ3v) is 5.77. The molecule has 0 amide bonds. The van der Waals surface area contributed by atoms with Crippen molar-refractivity contribution < 1.29 is 14.3 Å². The van der Waals surface area contributed by atoms with Crippen LogP contribution in [0.25, 0.3) is 33.5 Å². The number of hydrogen-bond acceptors (Lipinski definition) is 6. The fourth-order valence-corrected chi connectivity index (χ4v) is 4.08. The molecule has 0 aliphatic rings. The number of phenols is 1. The second kappa shape index (κ2) is 8.38. The van der Waals surface area contributed by atoms with Crippen molar-refractivity contribution >= 4 is 55.6 Å². The highest BCUT2D eigenvalue weighted by Gasteiger charge is 2.17. The van der Waals surface area contributed by atoms with Gasteiger partial charge in [-0.05, 0) is 42.5 Å². The number of hydrogen-bond donors (Lipinski definition) is 1. The highest BCUT2D eigenvalue weighted by molar-refractivity contribution is 9.10. The Hall–Kier alpha value is -3.62. The molecule has 0 saturated heterocycles. The molecule has 0 spiro atoms. The number of halogens is 2. The maximum atomic E-state index is 13.3. The van der Waals surface area contributed by atoms with Crippen LogP contribution in [0.3, 0.4) is 0 Å². The van der Waals surface area contributed by atoms with Gasteiger partial charge in [0.1, 0.15) is 5.58 Å². The molecule has 0 aliphatic heterocycles. The standard InChI is InChI=1S/C24H15BrClN3O4/c1-32-20-11-16(26)9-14(22(20)30)12-27-29-23(28-18-5-3-2-4-17(18)24(29)31)21-10-13-8-15(25)6-7-19(13)33-21/h2-12,30H,1H3. The minimum absolute atomic E-state index is 0.150. The lowest BCUT2D eigenvalue weighted by Gasteiger charge is -2.09. The molecule has 2 heterocycles. The largest absolute Gasteiger partial charge is 0.504 e. The van der Waals surface area contributed by atoms with Gasteiger partial charge in [-0.2, -0.15) is 9.78 Å². The molecule has 164 valence electrons. The van der Waals surface area contributed by atoms with E-state index in [0.29, 0.717) is 27.3 Å². The number of methoxy groups -OCH3 is 1. The number of aromatic hydroxyl groups is 1. The second-order valence-corrected chi connectivity index (χ2v) is 8.50. The Labute approximate surface area is 200 Å². The van der Waals surface area contributed by atoms with Gasteiger partial charge in [-0.1, -0.05) is 39.7 Å². The summed E-state index contributed by atoms with van der Waals surface area (Å²) < 4.78 is 13.2. The lowest BCUT2D eigenvalue weighted by molar-refractivity contribution is 0.373. The van der Waals surface area contributed by atoms with Crippen LogP contribution in [0, 0.1) is 0 Å². The van der Waals surface area contributed by atoms with Gasteiger partial charge < -0.3 is 14.3 Å². The molecule has 3 aromatic carbocycles. The van der Waals surface area contributed by atoms with Gasteiger partial charge in [0.15, 0.2) is 17.3 Å². The first-order valence-electron chi connectivity index (χ1n) is 9.77. The molecule has 0 unspecified atom stereocenters. The number of furan rings is 1. The normalized spacial score (nSPS) is 11.6. The molecule has 0 atom stereocenters. The minimum atomic E-state index is -0.387. The van der Waals surface area contributed by atoms with Crippen LogP contribution in [-0.4, -0.2) is 28.1 Å². The molecule has 5 rings (SSSR count). The average Bonchev–Trinajstić information content (AvgIpc) is 3.23. The first-order valence-corrected chi connectivity index (χ1v) is 10.9. The van der Waals surface area contributed by atoms with Crippen molar-refractivity contribution in [3.05, 3.63) is 86.1 Å². The smallest absolute Gasteiger partial charge is 0.282 e. The van der Waals surface area contributed by atoms with Gasteiger partial charge in [-0.15, -0.1) is 0 Å². The summed E-state index contributed by atoms with van der Waals surface area (Å²) >= 11 is 9.58. The Kier molecular flexibility index (Phi) is 5.39. The number of para-hydroxylation sites is 1. The molecule has 0 radical (unpaired) electrons. The third-order valence-electron chi connectivity index (χ3n) is 5.05. The van der Waals surface area contributed by atoms with Gasteiger partial charge in [-0.25, -0.2) is 4.98 Å². The van der Waals surface area contributed by atoms with Crippen molar-refractivity contribution in [2.75, 3.05) is 7.11 Å². The van der Waals surface area contributed by atoms with Gasteiger partial charge in [0.2, 0.25) is 5.82 Å². The summed E-state index contributed by atoms with van der Waals surface area (Å²) in [6.07, 6.45) is 1.32. The van der Waals surface area contributed by atoms with E-state index in [0.717, 1.165) is 14.5 Å². The lowest BCUT2D eigenvalue weighted by Crippen LogP contribution is -2.20. The Morgan fingerprint density at radius 1 is 1.18 bits per heavy atom. The predicted molar refractivity (Wildman–Crippen MR) is 132 cm³/mol. The summed E-state index contributed by atoms with van der Waals surface area (Å²) in [5, 5.41) is 16.4. The number of rotatable bonds is 4. The molecule has 9 heteroatoms. The van der Waals surface area contributed by atoms with E-state index in [1.807, 2.05) is 18.2 Å². The van der Waals surface area contributed by atoms with Gasteiger partial charge in [-0.3, -0.25) is 4.79 Å². The number of fused-ring (bicyclic) bond motifs is 2. The summed E-state index contributed by atoms with van der Waals surface area (Å²) in [5.41, 5.74) is 1.04. The monoisotopic (exact) mass is 523 g/mol. The maximum Gasteiger partial charge on any atom is 0.282 e. The Balaban J connectivity index is 1.74. The molecule has 0 saturated carbocycles. The van der Waals surface area contributed by atoms with Crippen LogP contribution in [0.5, 0.6) is 11.5 Å². The zero-order valence-corrected chi connectivity index (χ0v) is 19.5. The average molecular weight is 525 g/mol. The van der Waals surface area contributed by atoms with Crippen molar-refractivity contribution in [3.63, 3.8) is 0 Å². The van der Waals surface area contributed by atoms with Crippen LogP contribution < -0.4 is 10.3 Å². The maximum absolute atomic E-state index is 13.3. The predicted octanol–water partition coefficient (Wildman–Crippen LogP) is 5.82.